The van der Waals surface area contributed by atoms with Crippen LogP contribution >= 0.6 is 11.3 Å². The third kappa shape index (κ3) is 2.96. The smallest absolute Gasteiger partial charge is 0.244 e. The van der Waals surface area contributed by atoms with Crippen molar-refractivity contribution in [1.82, 2.24) is 9.29 Å². The Morgan fingerprint density at radius 1 is 1.52 bits per heavy atom. The highest BCUT2D eigenvalue weighted by Gasteiger charge is 2.30. The Balaban J connectivity index is 1.88. The van der Waals surface area contributed by atoms with Crippen molar-refractivity contribution in [1.29, 1.82) is 0 Å². The Morgan fingerprint density at radius 2 is 2.38 bits per heavy atom. The molecule has 21 heavy (non-hydrogen) atoms. The number of hydrogen-bond acceptors (Lipinski definition) is 5. The first-order valence-corrected chi connectivity index (χ1v) is 9.25. The van der Waals surface area contributed by atoms with Crippen LogP contribution in [0.2, 0.25) is 0 Å². The predicted octanol–water partition coefficient (Wildman–Crippen LogP) is 2.34. The average Bonchev–Trinajstić information content (AvgIpc) is 2.95. The summed E-state index contributed by atoms with van der Waals surface area (Å²) in [6.07, 6.45) is 3.36. The zero-order valence-corrected chi connectivity index (χ0v) is 13.5. The molecule has 3 heterocycles. The minimum absolute atomic E-state index is 0.275. The van der Waals surface area contributed by atoms with E-state index in [0.29, 0.717) is 19.7 Å². The zero-order valence-electron chi connectivity index (χ0n) is 11.9. The van der Waals surface area contributed by atoms with Crippen LogP contribution in [0.3, 0.4) is 0 Å². The molecule has 2 aromatic rings. The van der Waals surface area contributed by atoms with Crippen LogP contribution in [0.25, 0.3) is 10.2 Å². The Kier molecular flexibility index (Phi) is 4.26. The third-order valence-electron chi connectivity index (χ3n) is 3.80. The van der Waals surface area contributed by atoms with E-state index in [9.17, 15) is 8.42 Å². The molecule has 0 bridgehead atoms. The van der Waals surface area contributed by atoms with Gasteiger partial charge < -0.3 is 4.74 Å². The van der Waals surface area contributed by atoms with Gasteiger partial charge in [0.25, 0.3) is 0 Å². The van der Waals surface area contributed by atoms with Crippen molar-refractivity contribution in [3.63, 3.8) is 0 Å². The molecule has 0 amide bonds. The molecule has 3 rings (SSSR count). The van der Waals surface area contributed by atoms with Crippen LogP contribution in [0.5, 0.6) is 0 Å². The van der Waals surface area contributed by atoms with Gasteiger partial charge in [-0.1, -0.05) is 0 Å². The molecule has 0 N–H and O–H groups in total. The molecule has 0 saturated carbocycles. The normalized spacial score (nSPS) is 20.9. The lowest BCUT2D eigenvalue weighted by molar-refractivity contribution is 0.118. The van der Waals surface area contributed by atoms with E-state index >= 15 is 0 Å². The number of pyridine rings is 1. The van der Waals surface area contributed by atoms with E-state index in [4.69, 9.17) is 4.74 Å². The highest BCUT2D eigenvalue weighted by molar-refractivity contribution is 7.89. The molecule has 0 spiro atoms. The van der Waals surface area contributed by atoms with E-state index in [1.165, 1.54) is 17.5 Å². The Bertz CT molecular complexity index is 725. The van der Waals surface area contributed by atoms with Gasteiger partial charge in [-0.05, 0) is 36.3 Å². The SMILES string of the molecule is COC[C@@H]1CCCN(S(=O)(=O)c2cnc3ccsc3c2)C1. The van der Waals surface area contributed by atoms with Crippen LogP contribution in [0, 0.1) is 5.92 Å². The van der Waals surface area contributed by atoms with E-state index in [2.05, 4.69) is 4.98 Å². The molecule has 0 radical (unpaired) electrons. The fourth-order valence-electron chi connectivity index (χ4n) is 2.74. The highest BCUT2D eigenvalue weighted by atomic mass is 32.2. The lowest BCUT2D eigenvalue weighted by Crippen LogP contribution is -2.41. The van der Waals surface area contributed by atoms with Gasteiger partial charge in [0.1, 0.15) is 4.90 Å². The van der Waals surface area contributed by atoms with Crippen LogP contribution in [0.4, 0.5) is 0 Å². The maximum Gasteiger partial charge on any atom is 0.244 e. The molecule has 1 aliphatic heterocycles. The van der Waals surface area contributed by atoms with Gasteiger partial charge in [-0.2, -0.15) is 4.31 Å². The number of sulfonamides is 1. The molecule has 1 fully saturated rings. The molecule has 1 saturated heterocycles. The minimum Gasteiger partial charge on any atom is -0.384 e. The topological polar surface area (TPSA) is 59.5 Å². The largest absolute Gasteiger partial charge is 0.384 e. The van der Waals surface area contributed by atoms with Gasteiger partial charge in [0.05, 0.1) is 16.8 Å². The van der Waals surface area contributed by atoms with Crippen molar-refractivity contribution in [2.75, 3.05) is 26.8 Å². The number of nitrogens with zero attached hydrogens (tertiary/aromatic N) is 2. The maximum absolute atomic E-state index is 12.8. The summed E-state index contributed by atoms with van der Waals surface area (Å²) in [5.41, 5.74) is 0.842. The lowest BCUT2D eigenvalue weighted by atomic mass is 10.0. The minimum atomic E-state index is -3.46. The molecule has 0 aliphatic carbocycles. The zero-order chi connectivity index (χ0) is 14.9. The van der Waals surface area contributed by atoms with Gasteiger partial charge in [0, 0.05) is 26.4 Å². The first-order valence-electron chi connectivity index (χ1n) is 6.93. The molecule has 114 valence electrons. The number of aromatic nitrogens is 1. The summed E-state index contributed by atoms with van der Waals surface area (Å²) in [4.78, 5) is 4.53. The van der Waals surface area contributed by atoms with Gasteiger partial charge in [0.2, 0.25) is 10.0 Å². The number of fused-ring (bicyclic) bond motifs is 1. The van der Waals surface area contributed by atoms with E-state index in [1.807, 2.05) is 11.4 Å². The second-order valence-corrected chi connectivity index (χ2v) is 8.19. The van der Waals surface area contributed by atoms with E-state index < -0.39 is 10.0 Å². The molecule has 0 unspecified atom stereocenters. The monoisotopic (exact) mass is 326 g/mol. The average molecular weight is 326 g/mol. The van der Waals surface area contributed by atoms with Crippen LogP contribution in [0.15, 0.2) is 28.6 Å². The number of thiophene rings is 1. The van der Waals surface area contributed by atoms with Crippen LogP contribution in [-0.4, -0.2) is 44.5 Å². The fourth-order valence-corrected chi connectivity index (χ4v) is 5.12. The number of methoxy groups -OCH3 is 1. The summed E-state index contributed by atoms with van der Waals surface area (Å²) in [5.74, 6) is 0.275. The summed E-state index contributed by atoms with van der Waals surface area (Å²) in [7, 11) is -1.81. The van der Waals surface area contributed by atoms with Crippen molar-refractivity contribution < 1.29 is 13.2 Å². The molecule has 1 aliphatic rings. The van der Waals surface area contributed by atoms with Gasteiger partial charge >= 0.3 is 0 Å². The van der Waals surface area contributed by atoms with E-state index in [1.54, 1.807) is 17.5 Å². The van der Waals surface area contributed by atoms with Crippen LogP contribution in [0.1, 0.15) is 12.8 Å². The third-order valence-corrected chi connectivity index (χ3v) is 6.48. The first-order chi connectivity index (χ1) is 10.1. The standard InChI is InChI=1S/C14H18N2O3S2/c1-19-10-11-3-2-5-16(9-11)21(17,18)12-7-14-13(15-8-12)4-6-20-14/h4,6-8,11H,2-3,5,9-10H2,1H3/t11-/m1/s1. The Morgan fingerprint density at radius 3 is 3.19 bits per heavy atom. The molecular weight excluding hydrogens is 308 g/mol. The predicted molar refractivity (Wildman–Crippen MR) is 83.0 cm³/mol. The van der Waals surface area contributed by atoms with Crippen molar-refractivity contribution in [3.8, 4) is 0 Å². The van der Waals surface area contributed by atoms with Gasteiger partial charge in [-0.3, -0.25) is 4.98 Å². The Hall–Kier alpha value is -1.02. The summed E-state index contributed by atoms with van der Waals surface area (Å²) < 4.78 is 33.1. The fraction of sp³-hybridized carbons (Fsp3) is 0.500. The quantitative estimate of drug-likeness (QED) is 0.865. The van der Waals surface area contributed by atoms with Crippen molar-refractivity contribution >= 4 is 31.6 Å². The first kappa shape index (κ1) is 14.9. The van der Waals surface area contributed by atoms with E-state index in [0.717, 1.165) is 23.1 Å². The van der Waals surface area contributed by atoms with Gasteiger partial charge in [-0.25, -0.2) is 8.42 Å². The molecule has 5 nitrogen and oxygen atoms in total. The maximum atomic E-state index is 12.8. The van der Waals surface area contributed by atoms with Crippen molar-refractivity contribution in [3.05, 3.63) is 23.7 Å². The van der Waals surface area contributed by atoms with Gasteiger partial charge in [-0.15, -0.1) is 11.3 Å². The molecule has 7 heteroatoms. The summed E-state index contributed by atoms with van der Waals surface area (Å²) in [5, 5.41) is 1.92. The van der Waals surface area contributed by atoms with Crippen LogP contribution in [-0.2, 0) is 14.8 Å². The molecule has 2 aromatic heterocycles. The lowest BCUT2D eigenvalue weighted by Gasteiger charge is -2.31. The number of hydrogen-bond donors (Lipinski definition) is 0. The van der Waals surface area contributed by atoms with Crippen LogP contribution < -0.4 is 0 Å². The number of ether oxygens (including phenoxy) is 1. The Labute approximate surface area is 128 Å². The second kappa shape index (κ2) is 6.00. The molecule has 1 atom stereocenters. The molecule has 0 aromatic carbocycles. The summed E-state index contributed by atoms with van der Waals surface area (Å²) in [6, 6.07) is 3.62. The van der Waals surface area contributed by atoms with E-state index in [-0.39, 0.29) is 10.8 Å². The number of piperidine rings is 1. The van der Waals surface area contributed by atoms with Crippen molar-refractivity contribution in [2.45, 2.75) is 17.7 Å². The summed E-state index contributed by atoms with van der Waals surface area (Å²) in [6.45, 7) is 1.71. The summed E-state index contributed by atoms with van der Waals surface area (Å²) >= 11 is 1.51. The highest BCUT2D eigenvalue weighted by Crippen LogP contribution is 2.27. The molecular formula is C14H18N2O3S2. The van der Waals surface area contributed by atoms with Crippen molar-refractivity contribution in [2.24, 2.45) is 5.92 Å². The van der Waals surface area contributed by atoms with Gasteiger partial charge in [0.15, 0.2) is 0 Å². The number of rotatable bonds is 4. The second-order valence-electron chi connectivity index (χ2n) is 5.30.